The molecular weight excluding hydrogens is 480 g/mol. The van der Waals surface area contributed by atoms with Gasteiger partial charge >= 0.3 is 0 Å². The third-order valence-electron chi connectivity index (χ3n) is 6.91. The lowest BCUT2D eigenvalue weighted by Crippen LogP contribution is -2.53. The molecule has 0 aliphatic carbocycles. The van der Waals surface area contributed by atoms with E-state index in [0.29, 0.717) is 13.1 Å². The summed E-state index contributed by atoms with van der Waals surface area (Å²) in [6, 6.07) is 18.7. The standard InChI is InChI=1S/C27H32N4O2S.ClH/c32-26-21-31(19-22-7-2-1-3-8-22)27(33)20-30(26)13-5-4-12-28-14-16-29(17-15-28)24-9-6-10-25-23(24)11-18-34-25;/h1-3,6-11,18H,4-5,12-17,19-21H2;1H. The highest BCUT2D eigenvalue weighted by molar-refractivity contribution is 7.17. The Balaban J connectivity index is 0.00000289. The Morgan fingerprint density at radius 1 is 0.743 bits per heavy atom. The van der Waals surface area contributed by atoms with Crippen molar-refractivity contribution in [2.75, 3.05) is 57.3 Å². The lowest BCUT2D eigenvalue weighted by molar-refractivity contribution is -0.150. The smallest absolute Gasteiger partial charge is 0.242 e. The molecule has 2 fully saturated rings. The fourth-order valence-corrected chi connectivity index (χ4v) is 5.77. The Morgan fingerprint density at radius 3 is 2.26 bits per heavy atom. The van der Waals surface area contributed by atoms with Crippen LogP contribution in [-0.4, -0.2) is 78.9 Å². The highest BCUT2D eigenvalue weighted by Gasteiger charge is 2.29. The molecule has 2 aliphatic heterocycles. The maximum Gasteiger partial charge on any atom is 0.242 e. The van der Waals surface area contributed by atoms with Gasteiger partial charge in [-0.05, 0) is 48.5 Å². The number of hydrogen-bond acceptors (Lipinski definition) is 5. The second-order valence-electron chi connectivity index (χ2n) is 9.20. The summed E-state index contributed by atoms with van der Waals surface area (Å²) in [5.41, 5.74) is 2.41. The van der Waals surface area contributed by atoms with Crippen molar-refractivity contribution in [3.8, 4) is 0 Å². The second kappa shape index (κ2) is 11.9. The van der Waals surface area contributed by atoms with Crippen molar-refractivity contribution in [2.24, 2.45) is 0 Å². The van der Waals surface area contributed by atoms with Crippen molar-refractivity contribution in [1.82, 2.24) is 14.7 Å². The molecule has 0 bridgehead atoms. The Labute approximate surface area is 217 Å². The first-order valence-electron chi connectivity index (χ1n) is 12.2. The molecule has 0 N–H and O–H groups in total. The van der Waals surface area contributed by atoms with Crippen LogP contribution in [0.25, 0.3) is 10.1 Å². The van der Waals surface area contributed by atoms with Crippen LogP contribution in [0.15, 0.2) is 60.0 Å². The van der Waals surface area contributed by atoms with Crippen LogP contribution in [-0.2, 0) is 16.1 Å². The van der Waals surface area contributed by atoms with Crippen LogP contribution in [0.2, 0.25) is 0 Å². The summed E-state index contributed by atoms with van der Waals surface area (Å²) in [5, 5.41) is 3.54. The topological polar surface area (TPSA) is 47.1 Å². The number of carbonyl (C=O) groups is 2. The summed E-state index contributed by atoms with van der Waals surface area (Å²) in [6.45, 7) is 6.84. The van der Waals surface area contributed by atoms with Crippen LogP contribution in [0.3, 0.4) is 0 Å². The summed E-state index contributed by atoms with van der Waals surface area (Å²) in [7, 11) is 0. The zero-order valence-corrected chi connectivity index (χ0v) is 21.6. The molecule has 0 atom stereocenters. The van der Waals surface area contributed by atoms with Crippen molar-refractivity contribution in [3.63, 3.8) is 0 Å². The minimum absolute atomic E-state index is 0. The Kier molecular flexibility index (Phi) is 8.65. The lowest BCUT2D eigenvalue weighted by Gasteiger charge is -2.37. The third-order valence-corrected chi connectivity index (χ3v) is 7.79. The number of fused-ring (bicyclic) bond motifs is 1. The summed E-state index contributed by atoms with van der Waals surface area (Å²) >= 11 is 1.80. The van der Waals surface area contributed by atoms with Crippen LogP contribution in [0.1, 0.15) is 18.4 Å². The molecule has 2 aliphatic rings. The number of unbranched alkanes of at least 4 members (excludes halogenated alkanes) is 1. The number of amides is 2. The highest BCUT2D eigenvalue weighted by Crippen LogP contribution is 2.31. The van der Waals surface area contributed by atoms with Gasteiger partial charge in [-0.25, -0.2) is 0 Å². The van der Waals surface area contributed by atoms with E-state index in [0.717, 1.165) is 51.1 Å². The van der Waals surface area contributed by atoms with Crippen molar-refractivity contribution in [3.05, 3.63) is 65.5 Å². The van der Waals surface area contributed by atoms with Gasteiger partial charge in [0.15, 0.2) is 0 Å². The second-order valence-corrected chi connectivity index (χ2v) is 10.1. The molecule has 8 heteroatoms. The fraction of sp³-hybridized carbons (Fsp3) is 0.407. The number of carbonyl (C=O) groups excluding carboxylic acids is 2. The first kappa shape index (κ1) is 25.5. The first-order chi connectivity index (χ1) is 16.7. The third kappa shape index (κ3) is 6.15. The number of benzene rings is 2. The number of hydrogen-bond donors (Lipinski definition) is 0. The Hall–Kier alpha value is -2.61. The Morgan fingerprint density at radius 2 is 1.46 bits per heavy atom. The molecule has 0 saturated carbocycles. The van der Waals surface area contributed by atoms with Crippen LogP contribution >= 0.6 is 23.7 Å². The van der Waals surface area contributed by atoms with Gasteiger partial charge in [-0.1, -0.05) is 36.4 Å². The normalized spacial score (nSPS) is 17.2. The number of rotatable bonds is 8. The average Bonchev–Trinajstić information content (AvgIpc) is 3.35. The largest absolute Gasteiger partial charge is 0.368 e. The monoisotopic (exact) mass is 512 g/mol. The molecule has 2 amide bonds. The molecule has 2 saturated heterocycles. The van der Waals surface area contributed by atoms with Gasteiger partial charge in [-0.15, -0.1) is 23.7 Å². The lowest BCUT2D eigenvalue weighted by atomic mass is 10.1. The van der Waals surface area contributed by atoms with Crippen molar-refractivity contribution >= 4 is 51.3 Å². The molecule has 0 unspecified atom stereocenters. The first-order valence-corrected chi connectivity index (χ1v) is 13.1. The van der Waals surface area contributed by atoms with Gasteiger partial charge in [-0.2, -0.15) is 0 Å². The molecule has 6 nitrogen and oxygen atoms in total. The van der Waals surface area contributed by atoms with E-state index in [-0.39, 0.29) is 37.3 Å². The van der Waals surface area contributed by atoms with Crippen molar-refractivity contribution < 1.29 is 9.59 Å². The molecule has 5 rings (SSSR count). The number of piperazine rings is 2. The quantitative estimate of drug-likeness (QED) is 0.426. The molecule has 186 valence electrons. The van der Waals surface area contributed by atoms with E-state index in [1.54, 1.807) is 21.1 Å². The van der Waals surface area contributed by atoms with E-state index < -0.39 is 0 Å². The van der Waals surface area contributed by atoms with E-state index in [1.807, 2.05) is 30.3 Å². The van der Waals surface area contributed by atoms with Crippen molar-refractivity contribution in [1.29, 1.82) is 0 Å². The van der Waals surface area contributed by atoms with E-state index >= 15 is 0 Å². The molecule has 0 spiro atoms. The zero-order valence-electron chi connectivity index (χ0n) is 20.0. The van der Waals surface area contributed by atoms with E-state index in [4.69, 9.17) is 0 Å². The molecular formula is C27H33ClN4O2S. The maximum atomic E-state index is 12.6. The number of anilines is 1. The molecule has 35 heavy (non-hydrogen) atoms. The van der Waals surface area contributed by atoms with Gasteiger partial charge in [0.2, 0.25) is 11.8 Å². The fourth-order valence-electron chi connectivity index (χ4n) is 4.96. The number of nitrogens with zero attached hydrogens (tertiary/aromatic N) is 4. The Bertz CT molecular complexity index is 1130. The average molecular weight is 513 g/mol. The molecule has 3 heterocycles. The molecule has 0 radical (unpaired) electrons. The SMILES string of the molecule is Cl.O=C1CN(Cc2ccccc2)C(=O)CN1CCCCN1CCN(c2cccc3sccc23)CC1. The van der Waals surface area contributed by atoms with Crippen molar-refractivity contribution in [2.45, 2.75) is 19.4 Å². The van der Waals surface area contributed by atoms with Gasteiger partial charge in [0.1, 0.15) is 6.54 Å². The van der Waals surface area contributed by atoms with Gasteiger partial charge in [0.05, 0.1) is 6.54 Å². The zero-order chi connectivity index (χ0) is 23.3. The minimum Gasteiger partial charge on any atom is -0.368 e. The number of halogens is 1. The summed E-state index contributed by atoms with van der Waals surface area (Å²) in [6.07, 6.45) is 1.98. The van der Waals surface area contributed by atoms with Gasteiger partial charge in [-0.3, -0.25) is 14.5 Å². The highest BCUT2D eigenvalue weighted by atomic mass is 35.5. The van der Waals surface area contributed by atoms with Gasteiger partial charge < -0.3 is 14.7 Å². The number of thiophene rings is 1. The molecule has 2 aromatic carbocycles. The van der Waals surface area contributed by atoms with Crippen LogP contribution < -0.4 is 4.90 Å². The summed E-state index contributed by atoms with van der Waals surface area (Å²) < 4.78 is 1.36. The van der Waals surface area contributed by atoms with Crippen LogP contribution in [0.5, 0.6) is 0 Å². The molecule has 3 aromatic rings. The summed E-state index contributed by atoms with van der Waals surface area (Å²) in [4.78, 5) is 33.6. The van der Waals surface area contributed by atoms with Crippen LogP contribution in [0, 0.1) is 0 Å². The van der Waals surface area contributed by atoms with Gasteiger partial charge in [0, 0.05) is 55.0 Å². The predicted octanol–water partition coefficient (Wildman–Crippen LogP) is 4.10. The van der Waals surface area contributed by atoms with E-state index in [2.05, 4.69) is 39.4 Å². The van der Waals surface area contributed by atoms with Gasteiger partial charge in [0.25, 0.3) is 0 Å². The predicted molar refractivity (Wildman–Crippen MR) is 145 cm³/mol. The maximum absolute atomic E-state index is 12.6. The van der Waals surface area contributed by atoms with E-state index in [9.17, 15) is 9.59 Å². The molecule has 1 aromatic heterocycles. The van der Waals surface area contributed by atoms with Crippen LogP contribution in [0.4, 0.5) is 5.69 Å². The van der Waals surface area contributed by atoms with E-state index in [1.165, 1.54) is 15.8 Å². The summed E-state index contributed by atoms with van der Waals surface area (Å²) in [5.74, 6) is 0.104. The minimum atomic E-state index is 0.